The van der Waals surface area contributed by atoms with Gasteiger partial charge in [0.2, 0.25) is 0 Å². The molecule has 0 spiro atoms. The first kappa shape index (κ1) is 10.7. The van der Waals surface area contributed by atoms with Crippen molar-refractivity contribution in [2.45, 2.75) is 6.54 Å². The number of rotatable bonds is 2. The van der Waals surface area contributed by atoms with Gasteiger partial charge in [0, 0.05) is 0 Å². The molecule has 0 amide bonds. The van der Waals surface area contributed by atoms with Crippen molar-refractivity contribution in [3.8, 4) is 0 Å². The van der Waals surface area contributed by atoms with E-state index in [1.165, 1.54) is 10.9 Å². The second kappa shape index (κ2) is 4.37. The van der Waals surface area contributed by atoms with Crippen LogP contribution in [0.2, 0.25) is 5.02 Å². The van der Waals surface area contributed by atoms with E-state index in [0.717, 1.165) is 5.56 Å². The van der Waals surface area contributed by atoms with E-state index in [2.05, 4.69) is 5.10 Å². The summed E-state index contributed by atoms with van der Waals surface area (Å²) in [6.45, 7) is 0.389. The van der Waals surface area contributed by atoms with E-state index >= 15 is 0 Å². The van der Waals surface area contributed by atoms with Gasteiger partial charge < -0.3 is 5.73 Å². The molecule has 0 aliphatic heterocycles. The van der Waals surface area contributed by atoms with Crippen molar-refractivity contribution in [3.63, 3.8) is 0 Å². The fourth-order valence-corrected chi connectivity index (χ4v) is 1.49. The van der Waals surface area contributed by atoms with Crippen LogP contribution in [0.15, 0.2) is 41.3 Å². The number of nitrogens with two attached hydrogens (primary N) is 1. The van der Waals surface area contributed by atoms with Gasteiger partial charge in [-0.15, -0.1) is 0 Å². The Bertz CT molecular complexity index is 551. The van der Waals surface area contributed by atoms with Crippen LogP contribution < -0.4 is 11.3 Å². The predicted octanol–water partition coefficient (Wildman–Crippen LogP) is 1.53. The molecule has 4 nitrogen and oxygen atoms in total. The highest BCUT2D eigenvalue weighted by Gasteiger charge is 2.06. The first-order valence-electron chi connectivity index (χ1n) is 4.73. The maximum Gasteiger partial charge on any atom is 0.287 e. The van der Waals surface area contributed by atoms with E-state index in [0.29, 0.717) is 6.54 Å². The molecular formula is C11H10ClN3O. The number of benzene rings is 1. The van der Waals surface area contributed by atoms with E-state index in [4.69, 9.17) is 17.3 Å². The minimum Gasteiger partial charge on any atom is -0.396 e. The number of nitrogens with zero attached hydrogens (tertiary/aromatic N) is 2. The molecule has 2 rings (SSSR count). The first-order valence-corrected chi connectivity index (χ1v) is 5.11. The molecule has 1 heterocycles. The Morgan fingerprint density at radius 1 is 1.31 bits per heavy atom. The average molecular weight is 236 g/mol. The molecule has 0 aliphatic carbocycles. The lowest BCUT2D eigenvalue weighted by Crippen LogP contribution is -2.24. The summed E-state index contributed by atoms with van der Waals surface area (Å²) in [7, 11) is 0. The smallest absolute Gasteiger partial charge is 0.287 e. The average Bonchev–Trinajstić information content (AvgIpc) is 2.31. The molecule has 0 atom stereocenters. The molecule has 0 fully saturated rings. The summed E-state index contributed by atoms with van der Waals surface area (Å²) in [5.41, 5.74) is 6.29. The van der Waals surface area contributed by atoms with Gasteiger partial charge in [-0.1, -0.05) is 41.9 Å². The van der Waals surface area contributed by atoms with Crippen molar-refractivity contribution < 1.29 is 0 Å². The highest BCUT2D eigenvalue weighted by Crippen LogP contribution is 2.10. The molecule has 1 aromatic heterocycles. The van der Waals surface area contributed by atoms with Gasteiger partial charge in [-0.25, -0.2) is 4.68 Å². The Morgan fingerprint density at radius 3 is 2.69 bits per heavy atom. The number of hydrogen-bond acceptors (Lipinski definition) is 3. The topological polar surface area (TPSA) is 60.9 Å². The summed E-state index contributed by atoms with van der Waals surface area (Å²) in [6.07, 6.45) is 1.38. The molecule has 2 aromatic rings. The molecule has 0 bridgehead atoms. The summed E-state index contributed by atoms with van der Waals surface area (Å²) >= 11 is 5.75. The molecule has 1 aromatic carbocycles. The first-order chi connectivity index (χ1) is 7.68. The van der Waals surface area contributed by atoms with Gasteiger partial charge in [0.1, 0.15) is 5.02 Å². The third-order valence-corrected chi connectivity index (χ3v) is 2.57. The van der Waals surface area contributed by atoms with Crippen molar-refractivity contribution in [1.82, 2.24) is 9.78 Å². The maximum atomic E-state index is 11.7. The van der Waals surface area contributed by atoms with Crippen LogP contribution in [0, 0.1) is 0 Å². The monoisotopic (exact) mass is 235 g/mol. The zero-order valence-electron chi connectivity index (χ0n) is 8.43. The van der Waals surface area contributed by atoms with Gasteiger partial charge in [-0.2, -0.15) is 5.10 Å². The highest BCUT2D eigenvalue weighted by atomic mass is 35.5. The number of hydrogen-bond donors (Lipinski definition) is 1. The Hall–Kier alpha value is -1.81. The van der Waals surface area contributed by atoms with Crippen LogP contribution in [0.5, 0.6) is 0 Å². The number of anilines is 1. The van der Waals surface area contributed by atoms with Crippen molar-refractivity contribution in [3.05, 3.63) is 57.5 Å². The summed E-state index contributed by atoms with van der Waals surface area (Å²) in [4.78, 5) is 11.7. The van der Waals surface area contributed by atoms with E-state index in [9.17, 15) is 4.79 Å². The van der Waals surface area contributed by atoms with Crippen LogP contribution in [0.25, 0.3) is 0 Å². The molecule has 0 aliphatic rings. The zero-order valence-corrected chi connectivity index (χ0v) is 9.19. The lowest BCUT2D eigenvalue weighted by atomic mass is 10.2. The summed E-state index contributed by atoms with van der Waals surface area (Å²) in [6, 6.07) is 9.55. The lowest BCUT2D eigenvalue weighted by molar-refractivity contribution is 0.640. The second-order valence-electron chi connectivity index (χ2n) is 3.36. The van der Waals surface area contributed by atoms with Gasteiger partial charge in [0.15, 0.2) is 0 Å². The van der Waals surface area contributed by atoms with Crippen molar-refractivity contribution in [1.29, 1.82) is 0 Å². The zero-order chi connectivity index (χ0) is 11.5. The Morgan fingerprint density at radius 2 is 2.00 bits per heavy atom. The number of halogens is 1. The van der Waals surface area contributed by atoms with Crippen LogP contribution in [-0.4, -0.2) is 9.78 Å². The van der Waals surface area contributed by atoms with Crippen LogP contribution in [0.4, 0.5) is 5.69 Å². The quantitative estimate of drug-likeness (QED) is 0.859. The molecule has 82 valence electrons. The van der Waals surface area contributed by atoms with Crippen LogP contribution in [-0.2, 0) is 6.54 Å². The number of nitrogen functional groups attached to an aromatic ring is 1. The summed E-state index contributed by atoms with van der Waals surface area (Å²) in [5.74, 6) is 0. The van der Waals surface area contributed by atoms with Crippen molar-refractivity contribution in [2.24, 2.45) is 0 Å². The lowest BCUT2D eigenvalue weighted by Gasteiger charge is -2.05. The fourth-order valence-electron chi connectivity index (χ4n) is 1.35. The minimum atomic E-state index is -0.370. The third-order valence-electron chi connectivity index (χ3n) is 2.19. The Balaban J connectivity index is 2.37. The van der Waals surface area contributed by atoms with Crippen LogP contribution in [0.1, 0.15) is 5.56 Å². The molecule has 0 saturated carbocycles. The molecule has 0 radical (unpaired) electrons. The molecular weight excluding hydrogens is 226 g/mol. The van der Waals surface area contributed by atoms with E-state index in [1.54, 1.807) is 0 Å². The second-order valence-corrected chi connectivity index (χ2v) is 3.74. The van der Waals surface area contributed by atoms with Crippen LogP contribution >= 0.6 is 11.6 Å². The standard InChI is InChI=1S/C11H10ClN3O/c12-10-9(13)6-14-15(11(10)16)7-8-4-2-1-3-5-8/h1-6H,7,13H2. The molecule has 0 unspecified atom stereocenters. The van der Waals surface area contributed by atoms with E-state index in [-0.39, 0.29) is 16.3 Å². The summed E-state index contributed by atoms with van der Waals surface area (Å²) < 4.78 is 1.29. The van der Waals surface area contributed by atoms with Gasteiger partial charge in [0.25, 0.3) is 5.56 Å². The molecule has 16 heavy (non-hydrogen) atoms. The SMILES string of the molecule is Nc1cnn(Cc2ccccc2)c(=O)c1Cl. The molecule has 5 heteroatoms. The minimum absolute atomic E-state index is 0.0194. The normalized spacial score (nSPS) is 10.3. The molecule has 2 N–H and O–H groups in total. The Labute approximate surface area is 97.3 Å². The predicted molar refractivity (Wildman–Crippen MR) is 63.5 cm³/mol. The van der Waals surface area contributed by atoms with Crippen LogP contribution in [0.3, 0.4) is 0 Å². The number of aromatic nitrogens is 2. The summed E-state index contributed by atoms with van der Waals surface area (Å²) in [5, 5.41) is 3.95. The van der Waals surface area contributed by atoms with Gasteiger partial charge in [-0.3, -0.25) is 4.79 Å². The van der Waals surface area contributed by atoms with Crippen molar-refractivity contribution in [2.75, 3.05) is 5.73 Å². The van der Waals surface area contributed by atoms with Gasteiger partial charge in [0.05, 0.1) is 18.4 Å². The van der Waals surface area contributed by atoms with E-state index < -0.39 is 0 Å². The van der Waals surface area contributed by atoms with Gasteiger partial charge >= 0.3 is 0 Å². The third kappa shape index (κ3) is 2.06. The Kier molecular flexibility index (Phi) is 2.92. The maximum absolute atomic E-state index is 11.7. The fraction of sp³-hybridized carbons (Fsp3) is 0.0909. The van der Waals surface area contributed by atoms with E-state index in [1.807, 2.05) is 30.3 Å². The molecule has 0 saturated heterocycles. The van der Waals surface area contributed by atoms with Crippen molar-refractivity contribution >= 4 is 17.3 Å². The van der Waals surface area contributed by atoms with Gasteiger partial charge in [-0.05, 0) is 5.56 Å². The highest BCUT2D eigenvalue weighted by molar-refractivity contribution is 6.32. The largest absolute Gasteiger partial charge is 0.396 e.